The molecule has 0 aromatic carbocycles. The van der Waals surface area contributed by atoms with Crippen LogP contribution in [-0.4, -0.2) is 39.2 Å². The van der Waals surface area contributed by atoms with E-state index in [0.29, 0.717) is 12.4 Å². The van der Waals surface area contributed by atoms with Gasteiger partial charge in [-0.05, 0) is 45.6 Å². The molecule has 0 saturated carbocycles. The zero-order chi connectivity index (χ0) is 15.5. The Morgan fingerprint density at radius 2 is 2.29 bits per heavy atom. The van der Waals surface area contributed by atoms with Gasteiger partial charge in [0.25, 0.3) is 0 Å². The lowest BCUT2D eigenvalue weighted by molar-refractivity contribution is -0.151. The van der Waals surface area contributed by atoms with E-state index in [0.717, 1.165) is 44.6 Å². The number of carboxylic acid groups (broad SMARTS) is 1. The van der Waals surface area contributed by atoms with Crippen molar-refractivity contribution in [3.8, 4) is 0 Å². The number of hydrogen-bond acceptors (Lipinski definition) is 5. The maximum absolute atomic E-state index is 11.4. The molecule has 0 bridgehead atoms. The zero-order valence-electron chi connectivity index (χ0n) is 13.1. The first-order valence-electron chi connectivity index (χ1n) is 7.70. The minimum atomic E-state index is -0.725. The van der Waals surface area contributed by atoms with Gasteiger partial charge in [-0.25, -0.2) is 0 Å². The van der Waals surface area contributed by atoms with Gasteiger partial charge in [-0.1, -0.05) is 12.1 Å². The van der Waals surface area contributed by atoms with Crippen molar-refractivity contribution in [1.82, 2.24) is 15.0 Å². The average molecular weight is 295 g/mol. The van der Waals surface area contributed by atoms with E-state index in [-0.39, 0.29) is 5.92 Å². The van der Waals surface area contributed by atoms with Gasteiger partial charge >= 0.3 is 5.97 Å². The van der Waals surface area contributed by atoms with Crippen LogP contribution in [0.15, 0.2) is 4.52 Å². The number of likely N-dealkylation sites (tertiary alicyclic amines) is 1. The molecular weight excluding hydrogens is 270 g/mol. The number of aryl methyl sites for hydroxylation is 1. The van der Waals surface area contributed by atoms with Crippen molar-refractivity contribution < 1.29 is 14.4 Å². The molecule has 1 aliphatic heterocycles. The highest BCUT2D eigenvalue weighted by molar-refractivity contribution is 5.74. The predicted octanol–water partition coefficient (Wildman–Crippen LogP) is 2.34. The number of nitrogens with zero attached hydrogens (tertiary/aromatic N) is 3. The Morgan fingerprint density at radius 1 is 1.52 bits per heavy atom. The molecule has 0 spiro atoms. The SMILES string of the molecule is CCCc1noc(CN2CCCC(C(C)(C)C(=O)O)C2)n1. The van der Waals surface area contributed by atoms with E-state index in [2.05, 4.69) is 22.0 Å². The molecule has 21 heavy (non-hydrogen) atoms. The molecular formula is C15H25N3O3. The van der Waals surface area contributed by atoms with Gasteiger partial charge < -0.3 is 9.63 Å². The molecule has 6 heteroatoms. The van der Waals surface area contributed by atoms with Crippen molar-refractivity contribution in [2.45, 2.75) is 53.0 Å². The van der Waals surface area contributed by atoms with Crippen LogP contribution >= 0.6 is 0 Å². The van der Waals surface area contributed by atoms with Crippen LogP contribution in [0.1, 0.15) is 51.7 Å². The first-order valence-corrected chi connectivity index (χ1v) is 7.70. The second kappa shape index (κ2) is 6.56. The number of carbonyl (C=O) groups is 1. The fourth-order valence-electron chi connectivity index (χ4n) is 2.83. The van der Waals surface area contributed by atoms with E-state index >= 15 is 0 Å². The molecule has 1 unspecified atom stereocenters. The molecule has 2 heterocycles. The maximum Gasteiger partial charge on any atom is 0.309 e. The van der Waals surface area contributed by atoms with Crippen molar-refractivity contribution in [2.75, 3.05) is 13.1 Å². The van der Waals surface area contributed by atoms with Crippen molar-refractivity contribution in [1.29, 1.82) is 0 Å². The highest BCUT2D eigenvalue weighted by Crippen LogP contribution is 2.34. The minimum Gasteiger partial charge on any atom is -0.481 e. The molecule has 1 atom stereocenters. The Hall–Kier alpha value is -1.43. The number of carboxylic acids is 1. The summed E-state index contributed by atoms with van der Waals surface area (Å²) >= 11 is 0. The number of piperidine rings is 1. The van der Waals surface area contributed by atoms with Crippen LogP contribution in [-0.2, 0) is 17.8 Å². The van der Waals surface area contributed by atoms with E-state index in [1.54, 1.807) is 0 Å². The second-order valence-electron chi connectivity index (χ2n) is 6.46. The van der Waals surface area contributed by atoms with Crippen LogP contribution in [0.5, 0.6) is 0 Å². The smallest absolute Gasteiger partial charge is 0.309 e. The Kier molecular flexibility index (Phi) is 4.98. The van der Waals surface area contributed by atoms with E-state index < -0.39 is 11.4 Å². The Labute approximate surface area is 125 Å². The summed E-state index contributed by atoms with van der Waals surface area (Å²) in [6.45, 7) is 8.05. The largest absolute Gasteiger partial charge is 0.481 e. The topological polar surface area (TPSA) is 79.5 Å². The molecule has 1 aromatic rings. The lowest BCUT2D eigenvalue weighted by Gasteiger charge is -2.38. The third-order valence-electron chi connectivity index (χ3n) is 4.42. The number of hydrogen-bond donors (Lipinski definition) is 1. The van der Waals surface area contributed by atoms with Crippen LogP contribution in [0.2, 0.25) is 0 Å². The zero-order valence-corrected chi connectivity index (χ0v) is 13.1. The van der Waals surface area contributed by atoms with Gasteiger partial charge in [0, 0.05) is 13.0 Å². The van der Waals surface area contributed by atoms with Gasteiger partial charge in [0.15, 0.2) is 5.82 Å². The molecule has 1 aromatic heterocycles. The summed E-state index contributed by atoms with van der Waals surface area (Å²) in [5.41, 5.74) is -0.694. The molecule has 0 aliphatic carbocycles. The molecule has 1 saturated heterocycles. The fourth-order valence-corrected chi connectivity index (χ4v) is 2.83. The van der Waals surface area contributed by atoms with Crippen LogP contribution in [0.4, 0.5) is 0 Å². The number of aromatic nitrogens is 2. The molecule has 0 radical (unpaired) electrons. The van der Waals surface area contributed by atoms with E-state index in [1.807, 2.05) is 13.8 Å². The molecule has 0 amide bonds. The molecule has 2 rings (SSSR count). The lowest BCUT2D eigenvalue weighted by atomic mass is 9.74. The average Bonchev–Trinajstić information content (AvgIpc) is 2.86. The minimum absolute atomic E-state index is 0.154. The summed E-state index contributed by atoms with van der Waals surface area (Å²) < 4.78 is 5.27. The summed E-state index contributed by atoms with van der Waals surface area (Å²) in [6, 6.07) is 0. The van der Waals surface area contributed by atoms with Crippen LogP contribution in [0.3, 0.4) is 0 Å². The standard InChI is InChI=1S/C15H25N3O3/c1-4-6-12-16-13(21-17-12)10-18-8-5-7-11(9-18)15(2,3)14(19)20/h11H,4-10H2,1-3H3,(H,19,20). The van der Waals surface area contributed by atoms with Crippen LogP contribution in [0, 0.1) is 11.3 Å². The summed E-state index contributed by atoms with van der Waals surface area (Å²) in [5, 5.41) is 13.3. The van der Waals surface area contributed by atoms with Gasteiger partial charge in [0.2, 0.25) is 5.89 Å². The van der Waals surface area contributed by atoms with Gasteiger partial charge in [-0.3, -0.25) is 9.69 Å². The maximum atomic E-state index is 11.4. The number of aliphatic carboxylic acids is 1. The normalized spacial score (nSPS) is 20.6. The first kappa shape index (κ1) is 15.9. The predicted molar refractivity (Wildman–Crippen MR) is 77.7 cm³/mol. The van der Waals surface area contributed by atoms with Gasteiger partial charge in [-0.2, -0.15) is 4.98 Å². The second-order valence-corrected chi connectivity index (χ2v) is 6.46. The highest BCUT2D eigenvalue weighted by atomic mass is 16.5. The van der Waals surface area contributed by atoms with Crippen molar-refractivity contribution in [3.05, 3.63) is 11.7 Å². The summed E-state index contributed by atoms with van der Waals surface area (Å²) in [4.78, 5) is 18.0. The molecule has 1 aliphatic rings. The Morgan fingerprint density at radius 3 is 2.95 bits per heavy atom. The van der Waals surface area contributed by atoms with E-state index in [9.17, 15) is 9.90 Å². The molecule has 1 N–H and O–H groups in total. The third-order valence-corrected chi connectivity index (χ3v) is 4.42. The molecule has 6 nitrogen and oxygen atoms in total. The monoisotopic (exact) mass is 295 g/mol. The summed E-state index contributed by atoms with van der Waals surface area (Å²) in [7, 11) is 0. The highest BCUT2D eigenvalue weighted by Gasteiger charge is 2.39. The first-order chi connectivity index (χ1) is 9.93. The van der Waals surface area contributed by atoms with Crippen LogP contribution < -0.4 is 0 Å². The Balaban J connectivity index is 1.96. The molecule has 118 valence electrons. The summed E-state index contributed by atoms with van der Waals surface area (Å²) in [6.07, 6.45) is 3.80. The van der Waals surface area contributed by atoms with Gasteiger partial charge in [0.05, 0.1) is 12.0 Å². The lowest BCUT2D eigenvalue weighted by Crippen LogP contribution is -2.44. The van der Waals surface area contributed by atoms with Gasteiger partial charge in [-0.15, -0.1) is 0 Å². The van der Waals surface area contributed by atoms with E-state index in [4.69, 9.17) is 4.52 Å². The van der Waals surface area contributed by atoms with E-state index in [1.165, 1.54) is 0 Å². The quantitative estimate of drug-likeness (QED) is 0.867. The van der Waals surface area contributed by atoms with Crippen LogP contribution in [0.25, 0.3) is 0 Å². The third kappa shape index (κ3) is 3.81. The van der Waals surface area contributed by atoms with Crippen molar-refractivity contribution in [3.63, 3.8) is 0 Å². The molecule has 1 fully saturated rings. The van der Waals surface area contributed by atoms with Crippen molar-refractivity contribution >= 4 is 5.97 Å². The van der Waals surface area contributed by atoms with Crippen molar-refractivity contribution in [2.24, 2.45) is 11.3 Å². The fraction of sp³-hybridized carbons (Fsp3) is 0.800. The van der Waals surface area contributed by atoms with Gasteiger partial charge in [0.1, 0.15) is 0 Å². The number of rotatable bonds is 6. The summed E-state index contributed by atoms with van der Waals surface area (Å²) in [5.74, 6) is 0.818. The Bertz CT molecular complexity index is 484.